The van der Waals surface area contributed by atoms with Gasteiger partial charge in [-0.3, -0.25) is 0 Å². The number of hydrogen-bond donors (Lipinski definition) is 1. The highest BCUT2D eigenvalue weighted by Crippen LogP contribution is 2.37. The zero-order valence-electron chi connectivity index (χ0n) is 7.96. The van der Waals surface area contributed by atoms with Gasteiger partial charge in [-0.1, -0.05) is 6.07 Å². The van der Waals surface area contributed by atoms with Gasteiger partial charge in [0.15, 0.2) is 0 Å². The Morgan fingerprint density at radius 3 is 3.29 bits per heavy atom. The van der Waals surface area contributed by atoms with Crippen molar-refractivity contribution in [3.05, 3.63) is 24.0 Å². The van der Waals surface area contributed by atoms with Crippen LogP contribution in [0.2, 0.25) is 0 Å². The predicted molar refractivity (Wildman–Crippen MR) is 55.3 cm³/mol. The molecule has 3 rings (SSSR count). The molecule has 1 aromatic carbocycles. The molecule has 0 spiro atoms. The van der Waals surface area contributed by atoms with Crippen LogP contribution < -0.4 is 10.2 Å². The van der Waals surface area contributed by atoms with Crippen LogP contribution in [0.15, 0.2) is 18.2 Å². The fourth-order valence-corrected chi connectivity index (χ4v) is 2.52. The summed E-state index contributed by atoms with van der Waals surface area (Å²) in [6, 6.07) is 5.76. The van der Waals surface area contributed by atoms with Crippen LogP contribution in [0.1, 0.15) is 12.8 Å². The molecule has 0 bridgehead atoms. The van der Waals surface area contributed by atoms with Gasteiger partial charge in [0.25, 0.3) is 0 Å². The lowest BCUT2D eigenvalue weighted by Crippen LogP contribution is -2.39. The maximum Gasteiger partial charge on any atom is 0.148 e. The molecule has 1 saturated heterocycles. The molecule has 0 radical (unpaired) electrons. The Bertz CT molecular complexity index is 364. The lowest BCUT2D eigenvalue weighted by molar-refractivity contribution is 0.602. The molecule has 1 aromatic rings. The van der Waals surface area contributed by atoms with Crippen LogP contribution in [0.3, 0.4) is 0 Å². The van der Waals surface area contributed by atoms with E-state index in [1.54, 1.807) is 12.1 Å². The summed E-state index contributed by atoms with van der Waals surface area (Å²) >= 11 is 0. The van der Waals surface area contributed by atoms with Crippen LogP contribution in [-0.2, 0) is 0 Å². The largest absolute Gasteiger partial charge is 0.381 e. The first-order valence-corrected chi connectivity index (χ1v) is 5.15. The molecular formula is C11H13FN2. The van der Waals surface area contributed by atoms with Crippen molar-refractivity contribution in [3.8, 4) is 0 Å². The van der Waals surface area contributed by atoms with Gasteiger partial charge in [-0.25, -0.2) is 4.39 Å². The normalized spacial score (nSPS) is 24.1. The lowest BCUT2D eigenvalue weighted by Gasteiger charge is -2.34. The molecule has 3 heteroatoms. The van der Waals surface area contributed by atoms with Crippen molar-refractivity contribution in [3.63, 3.8) is 0 Å². The van der Waals surface area contributed by atoms with Gasteiger partial charge in [0.05, 0.1) is 11.4 Å². The number of nitrogens with zero attached hydrogens (tertiary/aromatic N) is 1. The average molecular weight is 192 g/mol. The molecule has 0 amide bonds. The van der Waals surface area contributed by atoms with E-state index >= 15 is 0 Å². The Balaban J connectivity index is 2.11. The van der Waals surface area contributed by atoms with E-state index in [9.17, 15) is 4.39 Å². The summed E-state index contributed by atoms with van der Waals surface area (Å²) in [4.78, 5) is 2.21. The summed E-state index contributed by atoms with van der Waals surface area (Å²) < 4.78 is 13.6. The maximum atomic E-state index is 13.6. The number of fused-ring (bicyclic) bond motifs is 3. The second kappa shape index (κ2) is 2.87. The lowest BCUT2D eigenvalue weighted by atomic mass is 10.1. The highest BCUT2D eigenvalue weighted by Gasteiger charge is 2.31. The minimum Gasteiger partial charge on any atom is -0.381 e. The fraction of sp³-hybridized carbons (Fsp3) is 0.455. The van der Waals surface area contributed by atoms with Gasteiger partial charge in [0.1, 0.15) is 5.82 Å². The van der Waals surface area contributed by atoms with Crippen LogP contribution in [0.25, 0.3) is 0 Å². The number of para-hydroxylation sites is 1. The van der Waals surface area contributed by atoms with Crippen LogP contribution in [-0.4, -0.2) is 19.1 Å². The second-order valence-electron chi connectivity index (χ2n) is 4.01. The van der Waals surface area contributed by atoms with Crippen LogP contribution in [0, 0.1) is 5.82 Å². The molecule has 0 aromatic heterocycles. The van der Waals surface area contributed by atoms with Crippen molar-refractivity contribution in [1.82, 2.24) is 0 Å². The quantitative estimate of drug-likeness (QED) is 0.678. The molecule has 1 fully saturated rings. The van der Waals surface area contributed by atoms with E-state index in [2.05, 4.69) is 10.2 Å². The minimum atomic E-state index is -0.0957. The smallest absolute Gasteiger partial charge is 0.148 e. The zero-order valence-corrected chi connectivity index (χ0v) is 7.96. The zero-order chi connectivity index (χ0) is 9.54. The Hall–Kier alpha value is -1.25. The molecule has 14 heavy (non-hydrogen) atoms. The number of hydrogen-bond acceptors (Lipinski definition) is 2. The summed E-state index contributed by atoms with van der Waals surface area (Å²) in [5.74, 6) is -0.0957. The summed E-state index contributed by atoms with van der Waals surface area (Å²) in [6.07, 6.45) is 2.36. The van der Waals surface area contributed by atoms with Gasteiger partial charge in [0.2, 0.25) is 0 Å². The van der Waals surface area contributed by atoms with Crippen molar-refractivity contribution < 1.29 is 4.39 Å². The number of rotatable bonds is 0. The Morgan fingerprint density at radius 1 is 1.43 bits per heavy atom. The minimum absolute atomic E-state index is 0.0957. The third-order valence-electron chi connectivity index (χ3n) is 3.18. The van der Waals surface area contributed by atoms with Gasteiger partial charge in [-0.2, -0.15) is 0 Å². The first-order chi connectivity index (χ1) is 6.86. The summed E-state index contributed by atoms with van der Waals surface area (Å²) in [7, 11) is 0. The van der Waals surface area contributed by atoms with Crippen molar-refractivity contribution >= 4 is 11.4 Å². The van der Waals surface area contributed by atoms with Gasteiger partial charge in [-0.05, 0) is 25.0 Å². The average Bonchev–Trinajstić information content (AvgIpc) is 2.65. The monoisotopic (exact) mass is 192 g/mol. The van der Waals surface area contributed by atoms with Crippen LogP contribution >= 0.6 is 0 Å². The predicted octanol–water partition coefficient (Wildman–Crippen LogP) is 2.22. The van der Waals surface area contributed by atoms with E-state index in [1.807, 2.05) is 6.07 Å². The third kappa shape index (κ3) is 1.01. The van der Waals surface area contributed by atoms with Crippen molar-refractivity contribution in [2.75, 3.05) is 23.3 Å². The maximum absolute atomic E-state index is 13.6. The standard InChI is InChI=1S/C11H13FN2/c12-9-4-1-5-10-11(9)14-6-2-3-8(14)7-13-10/h1,4-5,8,13H,2-3,6-7H2. The SMILES string of the molecule is Fc1cccc2c1N1CCCC1CN2. The Kier molecular flexibility index (Phi) is 1.66. The summed E-state index contributed by atoms with van der Waals surface area (Å²) in [5.41, 5.74) is 1.73. The molecule has 1 atom stereocenters. The van der Waals surface area contributed by atoms with E-state index in [0.29, 0.717) is 6.04 Å². The molecule has 2 aliphatic rings. The number of halogens is 1. The van der Waals surface area contributed by atoms with Crippen LogP contribution in [0.4, 0.5) is 15.8 Å². The molecular weight excluding hydrogens is 179 g/mol. The first-order valence-electron chi connectivity index (χ1n) is 5.15. The van der Waals surface area contributed by atoms with Gasteiger partial charge >= 0.3 is 0 Å². The first kappa shape index (κ1) is 8.09. The highest BCUT2D eigenvalue weighted by molar-refractivity contribution is 5.73. The van der Waals surface area contributed by atoms with Crippen molar-refractivity contribution in [2.24, 2.45) is 0 Å². The molecule has 0 saturated carbocycles. The van der Waals surface area contributed by atoms with E-state index in [0.717, 1.165) is 24.5 Å². The van der Waals surface area contributed by atoms with Crippen molar-refractivity contribution in [1.29, 1.82) is 0 Å². The second-order valence-corrected chi connectivity index (χ2v) is 4.01. The van der Waals surface area contributed by atoms with E-state index in [1.165, 1.54) is 12.8 Å². The molecule has 1 unspecified atom stereocenters. The topological polar surface area (TPSA) is 15.3 Å². The fourth-order valence-electron chi connectivity index (χ4n) is 2.52. The molecule has 74 valence electrons. The molecule has 2 aliphatic heterocycles. The van der Waals surface area contributed by atoms with Gasteiger partial charge in [-0.15, -0.1) is 0 Å². The third-order valence-corrected chi connectivity index (χ3v) is 3.18. The number of anilines is 2. The number of nitrogens with one attached hydrogen (secondary N) is 1. The van der Waals surface area contributed by atoms with E-state index in [4.69, 9.17) is 0 Å². The van der Waals surface area contributed by atoms with Crippen LogP contribution in [0.5, 0.6) is 0 Å². The summed E-state index contributed by atoms with van der Waals surface area (Å²) in [5, 5.41) is 3.29. The van der Waals surface area contributed by atoms with E-state index in [-0.39, 0.29) is 5.82 Å². The molecule has 2 nitrogen and oxygen atoms in total. The van der Waals surface area contributed by atoms with Gasteiger partial charge in [0, 0.05) is 19.1 Å². The number of benzene rings is 1. The van der Waals surface area contributed by atoms with Gasteiger partial charge < -0.3 is 10.2 Å². The molecule has 2 heterocycles. The molecule has 1 N–H and O–H groups in total. The Labute approximate surface area is 82.7 Å². The molecule has 0 aliphatic carbocycles. The van der Waals surface area contributed by atoms with E-state index < -0.39 is 0 Å². The summed E-state index contributed by atoms with van der Waals surface area (Å²) in [6.45, 7) is 1.96. The highest BCUT2D eigenvalue weighted by atomic mass is 19.1. The Morgan fingerprint density at radius 2 is 2.36 bits per heavy atom. The van der Waals surface area contributed by atoms with Crippen molar-refractivity contribution in [2.45, 2.75) is 18.9 Å².